The summed E-state index contributed by atoms with van der Waals surface area (Å²) in [7, 11) is 0. The summed E-state index contributed by atoms with van der Waals surface area (Å²) in [4.78, 5) is 25.2. The number of nitrogens with zero attached hydrogens (tertiary/aromatic N) is 1. The van der Waals surface area contributed by atoms with E-state index >= 15 is 0 Å². The van der Waals surface area contributed by atoms with Crippen molar-refractivity contribution in [3.8, 4) is 0 Å². The van der Waals surface area contributed by atoms with Crippen LogP contribution in [0.2, 0.25) is 0 Å². The van der Waals surface area contributed by atoms with E-state index in [2.05, 4.69) is 47.9 Å². The molecule has 202 valence electrons. The van der Waals surface area contributed by atoms with Crippen molar-refractivity contribution in [2.75, 3.05) is 26.2 Å². The molecule has 5 nitrogen and oxygen atoms in total. The van der Waals surface area contributed by atoms with Crippen LogP contribution in [0.5, 0.6) is 0 Å². The Labute approximate surface area is 217 Å². The monoisotopic (exact) mass is 517 g/mol. The maximum absolute atomic E-state index is 12.6. The first-order chi connectivity index (χ1) is 17.8. The molecule has 0 bridgehead atoms. The molecule has 0 aromatic heterocycles. The summed E-state index contributed by atoms with van der Waals surface area (Å²) in [5.41, 5.74) is 0.538. The highest BCUT2D eigenvalue weighted by atomic mass is 19.4. The van der Waals surface area contributed by atoms with Crippen molar-refractivity contribution in [3.63, 3.8) is 0 Å². The molecule has 2 aliphatic rings. The molecular formula is C29H38F3N3O2. The van der Waals surface area contributed by atoms with Gasteiger partial charge in [-0.05, 0) is 81.2 Å². The van der Waals surface area contributed by atoms with Crippen molar-refractivity contribution in [2.24, 2.45) is 0 Å². The molecule has 4 rings (SSSR count). The SMILES string of the molecule is CCCNC1CCC(c2ccccc2)CC1.O=C(NCC(=O)N1CCCC1)c1cccc(C(F)(F)F)c1. The highest BCUT2D eigenvalue weighted by molar-refractivity contribution is 5.96. The predicted octanol–water partition coefficient (Wildman–Crippen LogP) is 5.77. The van der Waals surface area contributed by atoms with E-state index in [9.17, 15) is 22.8 Å². The van der Waals surface area contributed by atoms with Gasteiger partial charge in [0.05, 0.1) is 12.1 Å². The summed E-state index contributed by atoms with van der Waals surface area (Å²) in [6.45, 7) is 4.55. The number of hydrogen-bond donors (Lipinski definition) is 2. The van der Waals surface area contributed by atoms with Crippen molar-refractivity contribution in [1.82, 2.24) is 15.5 Å². The zero-order valence-corrected chi connectivity index (χ0v) is 21.5. The number of halogens is 3. The fraction of sp³-hybridized carbons (Fsp3) is 0.517. The summed E-state index contributed by atoms with van der Waals surface area (Å²) in [5.74, 6) is -0.0950. The number of benzene rings is 2. The number of carbonyl (C=O) groups excluding carboxylic acids is 2. The molecule has 1 aliphatic carbocycles. The van der Waals surface area contributed by atoms with Crippen molar-refractivity contribution < 1.29 is 22.8 Å². The van der Waals surface area contributed by atoms with Crippen molar-refractivity contribution in [3.05, 3.63) is 71.3 Å². The third-order valence-electron chi connectivity index (χ3n) is 6.99. The summed E-state index contributed by atoms with van der Waals surface area (Å²) < 4.78 is 37.7. The van der Waals surface area contributed by atoms with Crippen LogP contribution < -0.4 is 10.6 Å². The summed E-state index contributed by atoms with van der Waals surface area (Å²) in [5, 5.41) is 6.00. The summed E-state index contributed by atoms with van der Waals surface area (Å²) >= 11 is 0. The van der Waals surface area contributed by atoms with Crippen LogP contribution in [0, 0.1) is 0 Å². The van der Waals surface area contributed by atoms with E-state index in [-0.39, 0.29) is 18.0 Å². The van der Waals surface area contributed by atoms with Crippen LogP contribution in [0.4, 0.5) is 13.2 Å². The first kappa shape index (κ1) is 28.7. The molecular weight excluding hydrogens is 479 g/mol. The molecule has 0 spiro atoms. The average Bonchev–Trinajstić information content (AvgIpc) is 3.46. The molecule has 1 saturated heterocycles. The zero-order chi connectivity index (χ0) is 26.7. The Morgan fingerprint density at radius 3 is 2.24 bits per heavy atom. The Morgan fingerprint density at radius 1 is 0.946 bits per heavy atom. The van der Waals surface area contributed by atoms with E-state index in [4.69, 9.17) is 0 Å². The molecule has 1 aliphatic heterocycles. The highest BCUT2D eigenvalue weighted by Gasteiger charge is 2.31. The van der Waals surface area contributed by atoms with Gasteiger partial charge in [0.25, 0.3) is 5.91 Å². The quantitative estimate of drug-likeness (QED) is 0.490. The van der Waals surface area contributed by atoms with E-state index in [0.717, 1.165) is 36.9 Å². The normalized spacial score (nSPS) is 19.6. The molecule has 0 atom stereocenters. The minimum atomic E-state index is -4.50. The van der Waals surface area contributed by atoms with Gasteiger partial charge in [-0.25, -0.2) is 0 Å². The van der Waals surface area contributed by atoms with Gasteiger partial charge in [-0.3, -0.25) is 9.59 Å². The zero-order valence-electron chi connectivity index (χ0n) is 21.5. The molecule has 0 unspecified atom stereocenters. The smallest absolute Gasteiger partial charge is 0.343 e. The van der Waals surface area contributed by atoms with Crippen LogP contribution in [-0.2, 0) is 11.0 Å². The van der Waals surface area contributed by atoms with Crippen molar-refractivity contribution >= 4 is 11.8 Å². The second-order valence-corrected chi connectivity index (χ2v) is 9.76. The van der Waals surface area contributed by atoms with E-state index in [1.54, 1.807) is 4.90 Å². The number of amides is 2. The van der Waals surface area contributed by atoms with Gasteiger partial charge in [-0.15, -0.1) is 0 Å². The third-order valence-corrected chi connectivity index (χ3v) is 6.99. The van der Waals surface area contributed by atoms with Crippen LogP contribution >= 0.6 is 0 Å². The number of likely N-dealkylation sites (tertiary alicyclic amines) is 1. The van der Waals surface area contributed by atoms with E-state index in [0.29, 0.717) is 13.1 Å². The molecule has 2 N–H and O–H groups in total. The van der Waals surface area contributed by atoms with Gasteiger partial charge in [0.1, 0.15) is 0 Å². The minimum Gasteiger partial charge on any atom is -0.343 e. The van der Waals surface area contributed by atoms with Crippen LogP contribution in [0.25, 0.3) is 0 Å². The highest BCUT2D eigenvalue weighted by Crippen LogP contribution is 2.32. The molecule has 1 saturated carbocycles. The standard InChI is InChI=1S/C15H23N.C14H15F3N2O2/c1-2-12-16-15-10-8-14(9-11-15)13-6-4-3-5-7-13;15-14(16,17)11-5-3-4-10(8-11)13(21)18-9-12(20)19-6-1-2-7-19/h3-7,14-16H,2,8-12H2,1H3;3-5,8H,1-2,6-7,9H2,(H,18,21). The van der Waals surface area contributed by atoms with Crippen LogP contribution in [0.1, 0.15) is 79.3 Å². The molecule has 2 fully saturated rings. The van der Waals surface area contributed by atoms with E-state index in [1.165, 1.54) is 56.3 Å². The van der Waals surface area contributed by atoms with Gasteiger partial charge in [0.15, 0.2) is 0 Å². The average molecular weight is 518 g/mol. The molecule has 1 heterocycles. The molecule has 0 radical (unpaired) electrons. The van der Waals surface area contributed by atoms with Gasteiger partial charge in [-0.2, -0.15) is 13.2 Å². The lowest BCUT2D eigenvalue weighted by Gasteiger charge is -2.29. The molecule has 2 amide bonds. The summed E-state index contributed by atoms with van der Waals surface area (Å²) in [6.07, 6.45) is 4.02. The van der Waals surface area contributed by atoms with Crippen LogP contribution in [0.3, 0.4) is 0 Å². The molecule has 37 heavy (non-hydrogen) atoms. The first-order valence-electron chi connectivity index (χ1n) is 13.3. The van der Waals surface area contributed by atoms with Gasteiger partial charge in [0, 0.05) is 24.7 Å². The van der Waals surface area contributed by atoms with Crippen LogP contribution in [-0.4, -0.2) is 48.9 Å². The fourth-order valence-corrected chi connectivity index (χ4v) is 4.88. The Balaban J connectivity index is 0.000000213. The third kappa shape index (κ3) is 9.18. The Hall–Kier alpha value is -2.87. The maximum atomic E-state index is 12.6. The predicted molar refractivity (Wildman–Crippen MR) is 139 cm³/mol. The number of rotatable bonds is 7. The minimum absolute atomic E-state index is 0.112. The first-order valence-corrected chi connectivity index (χ1v) is 13.3. The molecule has 2 aromatic rings. The van der Waals surface area contributed by atoms with Gasteiger partial charge < -0.3 is 15.5 Å². The maximum Gasteiger partial charge on any atom is 0.416 e. The molecule has 2 aromatic carbocycles. The lowest BCUT2D eigenvalue weighted by Crippen LogP contribution is -2.38. The second kappa shape index (κ2) is 14.2. The van der Waals surface area contributed by atoms with Gasteiger partial charge in [-0.1, -0.05) is 43.3 Å². The second-order valence-electron chi connectivity index (χ2n) is 9.76. The fourth-order valence-electron chi connectivity index (χ4n) is 4.88. The summed E-state index contributed by atoms with van der Waals surface area (Å²) in [6, 6.07) is 15.9. The van der Waals surface area contributed by atoms with Crippen LogP contribution in [0.15, 0.2) is 54.6 Å². The van der Waals surface area contributed by atoms with Gasteiger partial charge in [0.2, 0.25) is 5.91 Å². The van der Waals surface area contributed by atoms with Gasteiger partial charge >= 0.3 is 6.18 Å². The Bertz CT molecular complexity index is 983. The van der Waals surface area contributed by atoms with E-state index < -0.39 is 17.6 Å². The lowest BCUT2D eigenvalue weighted by atomic mass is 9.82. The number of alkyl halides is 3. The van der Waals surface area contributed by atoms with E-state index in [1.807, 2.05) is 0 Å². The topological polar surface area (TPSA) is 61.4 Å². The van der Waals surface area contributed by atoms with Crippen molar-refractivity contribution in [2.45, 2.75) is 70.0 Å². The Morgan fingerprint density at radius 2 is 1.62 bits per heavy atom. The number of nitrogens with one attached hydrogen (secondary N) is 2. The number of carbonyl (C=O) groups is 2. The van der Waals surface area contributed by atoms with Crippen molar-refractivity contribution in [1.29, 1.82) is 0 Å². The Kier molecular flexibility index (Phi) is 11.0. The lowest BCUT2D eigenvalue weighted by molar-refractivity contribution is -0.137. The number of hydrogen-bond acceptors (Lipinski definition) is 3. The largest absolute Gasteiger partial charge is 0.416 e. The molecule has 8 heteroatoms.